The van der Waals surface area contributed by atoms with Gasteiger partial charge in [-0.15, -0.1) is 0 Å². The van der Waals surface area contributed by atoms with Gasteiger partial charge in [0, 0.05) is 35.0 Å². The number of hydrogen-bond acceptors (Lipinski definition) is 2. The number of nitrogens with zero attached hydrogens (tertiary/aromatic N) is 2. The van der Waals surface area contributed by atoms with E-state index >= 15 is 0 Å². The van der Waals surface area contributed by atoms with E-state index in [1.54, 1.807) is 5.56 Å². The average molecular weight is 557 g/mol. The topological polar surface area (TPSA) is 7.12 Å². The summed E-state index contributed by atoms with van der Waals surface area (Å²) < 4.78 is 2.44. The number of hydrogen-bond donors (Lipinski definition) is 0. The van der Waals surface area contributed by atoms with Crippen LogP contribution in [0.1, 0.15) is 68.7 Å². The minimum atomic E-state index is 0. The van der Waals surface area contributed by atoms with Gasteiger partial charge < -0.3 is 28.9 Å². The summed E-state index contributed by atoms with van der Waals surface area (Å²) in [6.07, 6.45) is 9.28. The van der Waals surface area contributed by atoms with Gasteiger partial charge in [0.2, 0.25) is 11.2 Å². The highest BCUT2D eigenvalue weighted by atomic mass is 127. The zero-order valence-corrected chi connectivity index (χ0v) is 22.4. The van der Waals surface area contributed by atoms with E-state index in [1.807, 2.05) is 11.8 Å². The van der Waals surface area contributed by atoms with Gasteiger partial charge in [0.05, 0.1) is 10.7 Å². The van der Waals surface area contributed by atoms with Crippen LogP contribution in [0.3, 0.4) is 0 Å². The molecule has 0 N–H and O–H groups in total. The van der Waals surface area contributed by atoms with Gasteiger partial charge in [-0.05, 0) is 69.4 Å². The first kappa shape index (κ1) is 23.6. The smallest absolute Gasteiger partial charge is 0.212 e. The average Bonchev–Trinajstić information content (AvgIpc) is 3.15. The Morgan fingerprint density at radius 1 is 1.00 bits per heavy atom. The fourth-order valence-corrected chi connectivity index (χ4v) is 6.46. The molecule has 1 aromatic heterocycles. The fraction of sp³-hybridized carbons (Fsp3) is 0.393. The molecule has 1 aliphatic carbocycles. The third-order valence-corrected chi connectivity index (χ3v) is 8.07. The van der Waals surface area contributed by atoms with Gasteiger partial charge >= 0.3 is 0 Å². The third-order valence-electron chi connectivity index (χ3n) is 6.95. The Labute approximate surface area is 214 Å². The molecule has 0 unspecified atom stereocenters. The second-order valence-electron chi connectivity index (χ2n) is 8.96. The summed E-state index contributed by atoms with van der Waals surface area (Å²) in [7, 11) is 0. The molecule has 3 aromatic rings. The predicted octanol–water partition coefficient (Wildman–Crippen LogP) is 4.44. The maximum absolute atomic E-state index is 2.51. The normalized spacial score (nSPS) is 17.6. The Bertz CT molecular complexity index is 1150. The number of aryl methyl sites for hydroxylation is 2. The number of halogens is 1. The molecular weight excluding hydrogens is 523 g/mol. The molecule has 2 aromatic carbocycles. The van der Waals surface area contributed by atoms with Crippen molar-refractivity contribution in [2.24, 2.45) is 0 Å². The summed E-state index contributed by atoms with van der Waals surface area (Å²) >= 11 is 1.92. The monoisotopic (exact) mass is 556 g/mol. The van der Waals surface area contributed by atoms with Crippen LogP contribution in [0.4, 0.5) is 5.69 Å². The minimum absolute atomic E-state index is 0. The van der Waals surface area contributed by atoms with Gasteiger partial charge in [-0.2, -0.15) is 4.57 Å². The quantitative estimate of drug-likeness (QED) is 0.347. The Morgan fingerprint density at radius 2 is 1.81 bits per heavy atom. The summed E-state index contributed by atoms with van der Waals surface area (Å²) in [4.78, 5) is 3.90. The fourth-order valence-electron chi connectivity index (χ4n) is 5.30. The van der Waals surface area contributed by atoms with E-state index in [9.17, 15) is 0 Å². The maximum atomic E-state index is 2.51. The standard InChI is InChI=1S/C28H33N2S.HI/c1-4-29-24(14-12-23-17-20(3)11-15-25(23)29)19-28-30(5-2)26-18-22(13-16-27(26)31-28)21-9-7-6-8-10-21;/h11-19,21H,4-10H2,1-3H3;1H/q+1;/p-1. The van der Waals surface area contributed by atoms with E-state index in [0.717, 1.165) is 19.0 Å². The van der Waals surface area contributed by atoms with Crippen molar-refractivity contribution in [3.8, 4) is 0 Å². The Morgan fingerprint density at radius 3 is 2.56 bits per heavy atom. The lowest BCUT2D eigenvalue weighted by atomic mass is 9.84. The first-order valence-corrected chi connectivity index (χ1v) is 12.7. The molecule has 1 saturated carbocycles. The van der Waals surface area contributed by atoms with E-state index < -0.39 is 0 Å². The highest BCUT2D eigenvalue weighted by Crippen LogP contribution is 2.48. The molecule has 0 saturated heterocycles. The molecule has 2 heterocycles. The van der Waals surface area contributed by atoms with Crippen molar-refractivity contribution < 1.29 is 28.5 Å². The number of fused-ring (bicyclic) bond motifs is 2. The van der Waals surface area contributed by atoms with Gasteiger partial charge in [-0.25, -0.2) is 0 Å². The lowest BCUT2D eigenvalue weighted by Gasteiger charge is -2.24. The summed E-state index contributed by atoms with van der Waals surface area (Å²) in [6, 6.07) is 18.6. The molecule has 0 atom stereocenters. The number of thioether (sulfide) groups is 1. The van der Waals surface area contributed by atoms with Crippen LogP contribution in [0.25, 0.3) is 17.0 Å². The van der Waals surface area contributed by atoms with Crippen LogP contribution in [0, 0.1) is 6.92 Å². The van der Waals surface area contributed by atoms with Crippen molar-refractivity contribution >= 4 is 34.4 Å². The Balaban J connectivity index is 0.00000245. The number of aromatic nitrogens is 1. The van der Waals surface area contributed by atoms with Gasteiger partial charge in [-0.1, -0.05) is 48.7 Å². The first-order chi connectivity index (χ1) is 15.2. The van der Waals surface area contributed by atoms with Crippen LogP contribution in [0.5, 0.6) is 0 Å². The number of benzene rings is 2. The highest BCUT2D eigenvalue weighted by molar-refractivity contribution is 8.03. The largest absolute Gasteiger partial charge is 1.00 e. The lowest BCUT2D eigenvalue weighted by Crippen LogP contribution is -3.00. The van der Waals surface area contributed by atoms with E-state index in [0.29, 0.717) is 0 Å². The van der Waals surface area contributed by atoms with Crippen molar-refractivity contribution in [3.63, 3.8) is 0 Å². The highest BCUT2D eigenvalue weighted by Gasteiger charge is 2.27. The van der Waals surface area contributed by atoms with Crippen LogP contribution >= 0.6 is 11.8 Å². The number of pyridine rings is 1. The molecule has 168 valence electrons. The van der Waals surface area contributed by atoms with Crippen LogP contribution < -0.4 is 33.4 Å². The van der Waals surface area contributed by atoms with Gasteiger partial charge in [0.1, 0.15) is 6.54 Å². The molecule has 1 fully saturated rings. The van der Waals surface area contributed by atoms with E-state index in [-0.39, 0.29) is 24.0 Å². The molecule has 0 radical (unpaired) electrons. The van der Waals surface area contributed by atoms with E-state index in [4.69, 9.17) is 0 Å². The zero-order chi connectivity index (χ0) is 21.4. The van der Waals surface area contributed by atoms with Crippen LogP contribution in [-0.4, -0.2) is 6.54 Å². The van der Waals surface area contributed by atoms with Gasteiger partial charge in [-0.3, -0.25) is 0 Å². The summed E-state index contributed by atoms with van der Waals surface area (Å²) in [6.45, 7) is 8.65. The molecule has 4 heteroatoms. The van der Waals surface area contributed by atoms with Crippen molar-refractivity contribution in [2.75, 3.05) is 11.4 Å². The van der Waals surface area contributed by atoms with Gasteiger partial charge in [0.25, 0.3) is 0 Å². The van der Waals surface area contributed by atoms with Crippen molar-refractivity contribution in [1.82, 2.24) is 0 Å². The number of anilines is 1. The first-order valence-electron chi connectivity index (χ1n) is 11.9. The third kappa shape index (κ3) is 4.45. The van der Waals surface area contributed by atoms with Crippen molar-refractivity contribution in [3.05, 3.63) is 70.4 Å². The van der Waals surface area contributed by atoms with Crippen molar-refractivity contribution in [2.45, 2.75) is 70.2 Å². The maximum Gasteiger partial charge on any atom is 0.212 e. The van der Waals surface area contributed by atoms with Crippen LogP contribution in [0.15, 0.2) is 58.5 Å². The molecule has 0 bridgehead atoms. The van der Waals surface area contributed by atoms with Crippen molar-refractivity contribution in [1.29, 1.82) is 0 Å². The molecule has 2 aliphatic rings. The molecule has 5 rings (SSSR count). The SMILES string of the molecule is CCN1C(=Cc2ccc3cc(C)ccc3[n+]2CC)Sc2ccc(C3CCCCC3)cc21.[I-]. The summed E-state index contributed by atoms with van der Waals surface area (Å²) in [5, 5.41) is 2.66. The lowest BCUT2D eigenvalue weighted by molar-refractivity contribution is -0.669. The molecule has 1 aliphatic heterocycles. The Hall–Kier alpha value is -1.53. The second kappa shape index (κ2) is 10.2. The Kier molecular flexibility index (Phi) is 7.51. The zero-order valence-electron chi connectivity index (χ0n) is 19.4. The molecular formula is C28H33IN2S. The van der Waals surface area contributed by atoms with Crippen LogP contribution in [0.2, 0.25) is 0 Å². The van der Waals surface area contributed by atoms with E-state index in [1.165, 1.54) is 69.9 Å². The van der Waals surface area contributed by atoms with E-state index in [2.05, 4.69) is 84.8 Å². The molecule has 32 heavy (non-hydrogen) atoms. The molecule has 0 amide bonds. The molecule has 0 spiro atoms. The summed E-state index contributed by atoms with van der Waals surface area (Å²) in [5.74, 6) is 0.752. The molecule has 2 nitrogen and oxygen atoms in total. The minimum Gasteiger partial charge on any atom is -1.00 e. The van der Waals surface area contributed by atoms with Gasteiger partial charge in [0.15, 0.2) is 0 Å². The summed E-state index contributed by atoms with van der Waals surface area (Å²) in [5.41, 5.74) is 6.85. The number of rotatable bonds is 4. The van der Waals surface area contributed by atoms with Crippen LogP contribution in [-0.2, 0) is 6.54 Å². The predicted molar refractivity (Wildman–Crippen MR) is 134 cm³/mol. The second-order valence-corrected chi connectivity index (χ2v) is 10.0.